The standard InChI is InChI=1S/C15H22ClN3/c1-11(2)8-9-15(3)10-18-14(17)19(15)13-6-4-12(16)5-7-13/h4-7,11H,8-10H2,1-3H3,(H2,17,18). The second-order valence-electron chi connectivity index (χ2n) is 5.92. The summed E-state index contributed by atoms with van der Waals surface area (Å²) in [6.07, 6.45) is 2.25. The first-order valence-corrected chi connectivity index (χ1v) is 7.16. The molecule has 1 aromatic carbocycles. The van der Waals surface area contributed by atoms with Gasteiger partial charge in [-0.2, -0.15) is 0 Å². The number of guanidine groups is 1. The lowest BCUT2D eigenvalue weighted by molar-refractivity contribution is 0.407. The van der Waals surface area contributed by atoms with Crippen molar-refractivity contribution in [1.82, 2.24) is 0 Å². The Kier molecular flexibility index (Phi) is 4.04. The van der Waals surface area contributed by atoms with E-state index in [1.165, 1.54) is 6.42 Å². The van der Waals surface area contributed by atoms with Crippen LogP contribution in [0.25, 0.3) is 0 Å². The summed E-state index contributed by atoms with van der Waals surface area (Å²) in [5.74, 6) is 1.29. The van der Waals surface area contributed by atoms with Crippen molar-refractivity contribution in [2.24, 2.45) is 16.6 Å². The van der Waals surface area contributed by atoms with Crippen LogP contribution < -0.4 is 10.6 Å². The van der Waals surface area contributed by atoms with E-state index in [2.05, 4.69) is 30.7 Å². The molecular weight excluding hydrogens is 258 g/mol. The molecule has 0 aromatic heterocycles. The lowest BCUT2D eigenvalue weighted by Gasteiger charge is -2.36. The van der Waals surface area contributed by atoms with Crippen molar-refractivity contribution in [3.8, 4) is 0 Å². The van der Waals surface area contributed by atoms with Gasteiger partial charge in [-0.3, -0.25) is 4.99 Å². The van der Waals surface area contributed by atoms with E-state index in [0.717, 1.165) is 23.7 Å². The molecule has 2 rings (SSSR count). The van der Waals surface area contributed by atoms with Gasteiger partial charge in [-0.05, 0) is 49.9 Å². The first-order valence-electron chi connectivity index (χ1n) is 6.78. The molecule has 1 aromatic rings. The zero-order valence-electron chi connectivity index (χ0n) is 11.9. The maximum absolute atomic E-state index is 6.07. The first-order chi connectivity index (χ1) is 8.92. The first kappa shape index (κ1) is 14.2. The highest BCUT2D eigenvalue weighted by Crippen LogP contribution is 2.33. The lowest BCUT2D eigenvalue weighted by atomic mass is 9.90. The second kappa shape index (κ2) is 5.41. The Morgan fingerprint density at radius 2 is 2.00 bits per heavy atom. The maximum atomic E-state index is 6.07. The van der Waals surface area contributed by atoms with Crippen LogP contribution in [0.4, 0.5) is 5.69 Å². The zero-order chi connectivity index (χ0) is 14.0. The largest absolute Gasteiger partial charge is 0.369 e. The van der Waals surface area contributed by atoms with Gasteiger partial charge < -0.3 is 10.6 Å². The predicted molar refractivity (Wildman–Crippen MR) is 82.9 cm³/mol. The van der Waals surface area contributed by atoms with Crippen LogP contribution in [0.3, 0.4) is 0 Å². The monoisotopic (exact) mass is 279 g/mol. The van der Waals surface area contributed by atoms with Crippen molar-refractivity contribution in [3.63, 3.8) is 0 Å². The minimum Gasteiger partial charge on any atom is -0.369 e. The number of anilines is 1. The molecule has 0 fully saturated rings. The molecule has 4 heteroatoms. The van der Waals surface area contributed by atoms with Gasteiger partial charge in [-0.25, -0.2) is 0 Å². The van der Waals surface area contributed by atoms with Gasteiger partial charge in [-0.1, -0.05) is 25.4 Å². The van der Waals surface area contributed by atoms with Crippen molar-refractivity contribution < 1.29 is 0 Å². The molecule has 2 N–H and O–H groups in total. The normalized spacial score (nSPS) is 23.0. The van der Waals surface area contributed by atoms with Crippen LogP contribution in [-0.4, -0.2) is 18.0 Å². The molecule has 1 heterocycles. The summed E-state index contributed by atoms with van der Waals surface area (Å²) in [6, 6.07) is 7.80. The Balaban J connectivity index is 2.23. The average Bonchev–Trinajstić information content (AvgIpc) is 2.65. The van der Waals surface area contributed by atoms with Crippen LogP contribution in [-0.2, 0) is 0 Å². The molecule has 1 atom stereocenters. The van der Waals surface area contributed by atoms with Crippen molar-refractivity contribution in [1.29, 1.82) is 0 Å². The van der Waals surface area contributed by atoms with Gasteiger partial charge in [0.1, 0.15) is 0 Å². The van der Waals surface area contributed by atoms with Gasteiger partial charge in [0.05, 0.1) is 12.1 Å². The third-order valence-electron chi connectivity index (χ3n) is 3.70. The summed E-state index contributed by atoms with van der Waals surface area (Å²) in [6.45, 7) is 7.48. The van der Waals surface area contributed by atoms with Gasteiger partial charge >= 0.3 is 0 Å². The number of rotatable bonds is 4. The smallest absolute Gasteiger partial charge is 0.196 e. The number of benzene rings is 1. The quantitative estimate of drug-likeness (QED) is 0.914. The number of nitrogens with two attached hydrogens (primary N) is 1. The van der Waals surface area contributed by atoms with Crippen molar-refractivity contribution in [2.45, 2.75) is 39.2 Å². The van der Waals surface area contributed by atoms with E-state index in [1.807, 2.05) is 24.3 Å². The number of halogens is 1. The van der Waals surface area contributed by atoms with E-state index in [4.69, 9.17) is 17.3 Å². The van der Waals surface area contributed by atoms with Crippen molar-refractivity contribution in [2.75, 3.05) is 11.4 Å². The predicted octanol–water partition coefficient (Wildman–Crippen LogP) is 3.67. The molecule has 104 valence electrons. The van der Waals surface area contributed by atoms with Gasteiger partial charge in [0, 0.05) is 10.7 Å². The van der Waals surface area contributed by atoms with Crippen LogP contribution in [0.1, 0.15) is 33.6 Å². The highest BCUT2D eigenvalue weighted by atomic mass is 35.5. The summed E-state index contributed by atoms with van der Waals surface area (Å²) < 4.78 is 0. The molecule has 1 aliphatic heterocycles. The highest BCUT2D eigenvalue weighted by molar-refractivity contribution is 6.30. The molecule has 0 bridgehead atoms. The van der Waals surface area contributed by atoms with E-state index < -0.39 is 0 Å². The Bertz CT molecular complexity index is 467. The number of aliphatic imine (C=N–C) groups is 1. The Morgan fingerprint density at radius 3 is 2.58 bits per heavy atom. The number of nitrogens with zero attached hydrogens (tertiary/aromatic N) is 2. The molecular formula is C15H22ClN3. The van der Waals surface area contributed by atoms with Gasteiger partial charge in [-0.15, -0.1) is 0 Å². The fourth-order valence-corrected chi connectivity index (χ4v) is 2.62. The molecule has 19 heavy (non-hydrogen) atoms. The van der Waals surface area contributed by atoms with Crippen LogP contribution in [0.2, 0.25) is 5.02 Å². The van der Waals surface area contributed by atoms with Crippen molar-refractivity contribution >= 4 is 23.2 Å². The molecule has 0 radical (unpaired) electrons. The van der Waals surface area contributed by atoms with E-state index >= 15 is 0 Å². The Morgan fingerprint density at radius 1 is 1.37 bits per heavy atom. The van der Waals surface area contributed by atoms with E-state index in [-0.39, 0.29) is 5.54 Å². The van der Waals surface area contributed by atoms with Gasteiger partial charge in [0.15, 0.2) is 5.96 Å². The average molecular weight is 280 g/mol. The third-order valence-corrected chi connectivity index (χ3v) is 3.95. The van der Waals surface area contributed by atoms with Crippen LogP contribution in [0, 0.1) is 5.92 Å². The SMILES string of the molecule is CC(C)CCC1(C)CN=C(N)N1c1ccc(Cl)cc1. The number of hydrogen-bond acceptors (Lipinski definition) is 3. The topological polar surface area (TPSA) is 41.6 Å². The molecule has 1 aliphatic rings. The summed E-state index contributed by atoms with van der Waals surface area (Å²) >= 11 is 5.95. The summed E-state index contributed by atoms with van der Waals surface area (Å²) in [5.41, 5.74) is 7.11. The molecule has 0 saturated heterocycles. The van der Waals surface area contributed by atoms with Crippen molar-refractivity contribution in [3.05, 3.63) is 29.3 Å². The summed E-state index contributed by atoms with van der Waals surface area (Å²) in [7, 11) is 0. The summed E-state index contributed by atoms with van der Waals surface area (Å²) in [4.78, 5) is 6.58. The third kappa shape index (κ3) is 3.03. The van der Waals surface area contributed by atoms with E-state index in [1.54, 1.807) is 0 Å². The molecule has 1 unspecified atom stereocenters. The molecule has 0 amide bonds. The van der Waals surface area contributed by atoms with Crippen LogP contribution in [0.5, 0.6) is 0 Å². The molecule has 0 spiro atoms. The van der Waals surface area contributed by atoms with E-state index in [0.29, 0.717) is 11.9 Å². The van der Waals surface area contributed by atoms with Gasteiger partial charge in [0.25, 0.3) is 0 Å². The molecule has 3 nitrogen and oxygen atoms in total. The molecule has 0 aliphatic carbocycles. The Hall–Kier alpha value is -1.22. The Labute approximate surface area is 120 Å². The van der Waals surface area contributed by atoms with Crippen LogP contribution >= 0.6 is 11.6 Å². The van der Waals surface area contributed by atoms with E-state index in [9.17, 15) is 0 Å². The second-order valence-corrected chi connectivity index (χ2v) is 6.35. The van der Waals surface area contributed by atoms with Gasteiger partial charge in [0.2, 0.25) is 0 Å². The fourth-order valence-electron chi connectivity index (χ4n) is 2.49. The minimum absolute atomic E-state index is 0.0256. The summed E-state index contributed by atoms with van der Waals surface area (Å²) in [5, 5.41) is 0.738. The van der Waals surface area contributed by atoms with Crippen LogP contribution in [0.15, 0.2) is 29.3 Å². The zero-order valence-corrected chi connectivity index (χ0v) is 12.6. The minimum atomic E-state index is -0.0256. The lowest BCUT2D eigenvalue weighted by Crippen LogP contribution is -2.50. The number of hydrogen-bond donors (Lipinski definition) is 1. The highest BCUT2D eigenvalue weighted by Gasteiger charge is 2.38. The molecule has 0 saturated carbocycles. The fraction of sp³-hybridized carbons (Fsp3) is 0.533. The maximum Gasteiger partial charge on any atom is 0.196 e.